The van der Waals surface area contributed by atoms with Crippen LogP contribution < -0.4 is 4.90 Å². The summed E-state index contributed by atoms with van der Waals surface area (Å²) in [6.45, 7) is 2.57. The van der Waals surface area contributed by atoms with E-state index in [-0.39, 0.29) is 11.9 Å². The van der Waals surface area contributed by atoms with Crippen molar-refractivity contribution in [3.63, 3.8) is 0 Å². The van der Waals surface area contributed by atoms with E-state index in [2.05, 4.69) is 0 Å². The predicted molar refractivity (Wildman–Crippen MR) is 81.5 cm³/mol. The molecule has 2 aromatic rings. The summed E-state index contributed by atoms with van der Waals surface area (Å²) in [5.74, 6) is -0.134. The topological polar surface area (TPSA) is 40.6 Å². The maximum atomic E-state index is 12.8. The Bertz CT molecular complexity index is 752. The van der Waals surface area contributed by atoms with Crippen LogP contribution in [0.1, 0.15) is 22.0 Å². The van der Waals surface area contributed by atoms with E-state index in [4.69, 9.17) is 0 Å². The second kappa shape index (κ2) is 4.43. The monoisotopic (exact) mass is 298 g/mol. The highest BCUT2D eigenvalue weighted by atomic mass is 32.1. The molecule has 4 rings (SSSR count). The first kappa shape index (κ1) is 12.6. The Morgan fingerprint density at radius 3 is 2.90 bits per heavy atom. The van der Waals surface area contributed by atoms with Crippen molar-refractivity contribution in [2.24, 2.45) is 0 Å². The molecular weight excluding hydrogens is 284 g/mol. The molecule has 21 heavy (non-hydrogen) atoms. The van der Waals surface area contributed by atoms with Gasteiger partial charge in [-0.3, -0.25) is 4.79 Å². The van der Waals surface area contributed by atoms with Crippen molar-refractivity contribution >= 4 is 29.0 Å². The minimum absolute atomic E-state index is 0.134. The van der Waals surface area contributed by atoms with Gasteiger partial charge in [0.2, 0.25) is 0 Å². The van der Waals surface area contributed by atoms with Crippen molar-refractivity contribution in [3.05, 3.63) is 51.7 Å². The molecule has 1 fully saturated rings. The number of aryl methyl sites for hydroxylation is 1. The van der Waals surface area contributed by atoms with Crippen LogP contribution in [0.2, 0.25) is 0 Å². The van der Waals surface area contributed by atoms with Crippen molar-refractivity contribution < 1.29 is 9.59 Å². The molecule has 0 radical (unpaired) electrons. The van der Waals surface area contributed by atoms with Crippen LogP contribution in [-0.4, -0.2) is 23.4 Å². The van der Waals surface area contributed by atoms with Crippen molar-refractivity contribution in [1.82, 2.24) is 4.90 Å². The number of benzene rings is 1. The van der Waals surface area contributed by atoms with Crippen molar-refractivity contribution in [1.29, 1.82) is 0 Å². The minimum Gasteiger partial charge on any atom is -0.307 e. The van der Waals surface area contributed by atoms with E-state index >= 15 is 0 Å². The quantitative estimate of drug-likeness (QED) is 0.759. The second-order valence-electron chi connectivity index (χ2n) is 5.44. The molecule has 0 saturated carbocycles. The van der Waals surface area contributed by atoms with Crippen LogP contribution in [0, 0.1) is 6.92 Å². The van der Waals surface area contributed by atoms with Gasteiger partial charge in [-0.25, -0.2) is 9.69 Å². The third-order valence-corrected chi connectivity index (χ3v) is 5.11. The summed E-state index contributed by atoms with van der Waals surface area (Å²) < 4.78 is 0. The van der Waals surface area contributed by atoms with Gasteiger partial charge in [0.1, 0.15) is 6.04 Å². The number of nitrogens with zero attached hydrogens (tertiary/aromatic N) is 2. The highest BCUT2D eigenvalue weighted by Gasteiger charge is 2.49. The zero-order valence-electron chi connectivity index (χ0n) is 11.6. The van der Waals surface area contributed by atoms with Gasteiger partial charge in [-0.2, -0.15) is 0 Å². The van der Waals surface area contributed by atoms with Gasteiger partial charge in [-0.15, -0.1) is 11.3 Å². The van der Waals surface area contributed by atoms with Crippen molar-refractivity contribution in [3.8, 4) is 0 Å². The zero-order chi connectivity index (χ0) is 14.6. The Morgan fingerprint density at radius 1 is 1.24 bits per heavy atom. The second-order valence-corrected chi connectivity index (χ2v) is 6.44. The fourth-order valence-corrected chi connectivity index (χ4v) is 4.04. The molecule has 1 aromatic heterocycles. The highest BCUT2D eigenvalue weighted by Crippen LogP contribution is 2.40. The third-order valence-electron chi connectivity index (χ3n) is 4.12. The molecule has 0 spiro atoms. The van der Waals surface area contributed by atoms with Gasteiger partial charge in [-0.05, 0) is 48.1 Å². The number of carbonyl (C=O) groups is 2. The number of fused-ring (bicyclic) bond motifs is 3. The summed E-state index contributed by atoms with van der Waals surface area (Å²) in [7, 11) is 0. The Hall–Kier alpha value is -2.14. The highest BCUT2D eigenvalue weighted by molar-refractivity contribution is 7.10. The average molecular weight is 298 g/mol. The number of anilines is 1. The standard InChI is InChI=1S/C16H14N2O2S/c1-10-3-2-4-11(9-10)18-15(19)14-12-6-8-21-13(12)5-7-17(14)16(18)20/h2-4,6,8-9,14H,5,7H2,1H3. The zero-order valence-corrected chi connectivity index (χ0v) is 12.4. The molecule has 0 N–H and O–H groups in total. The molecule has 3 amide bonds. The van der Waals surface area contributed by atoms with Gasteiger partial charge in [0.15, 0.2) is 0 Å². The number of imide groups is 1. The van der Waals surface area contributed by atoms with E-state index in [0.717, 1.165) is 17.5 Å². The number of urea groups is 1. The van der Waals surface area contributed by atoms with Crippen LogP contribution in [0.5, 0.6) is 0 Å². The normalized spacial score (nSPS) is 20.7. The van der Waals surface area contributed by atoms with Crippen LogP contribution >= 0.6 is 11.3 Å². The first-order chi connectivity index (χ1) is 10.2. The number of hydrogen-bond acceptors (Lipinski definition) is 3. The first-order valence-corrected chi connectivity index (χ1v) is 7.82. The van der Waals surface area contributed by atoms with E-state index < -0.39 is 6.04 Å². The Kier molecular flexibility index (Phi) is 2.65. The summed E-state index contributed by atoms with van der Waals surface area (Å²) in [6, 6.07) is 8.86. The number of hydrogen-bond donors (Lipinski definition) is 0. The van der Waals surface area contributed by atoms with Gasteiger partial charge in [0, 0.05) is 11.4 Å². The largest absolute Gasteiger partial charge is 0.332 e. The summed E-state index contributed by atoms with van der Waals surface area (Å²) in [5, 5.41) is 2.00. The van der Waals surface area contributed by atoms with Crippen LogP contribution in [0.15, 0.2) is 35.7 Å². The molecule has 3 heterocycles. The van der Waals surface area contributed by atoms with Crippen LogP contribution in [0.4, 0.5) is 10.5 Å². The molecule has 2 aliphatic rings. The van der Waals surface area contributed by atoms with Gasteiger partial charge in [0.25, 0.3) is 5.91 Å². The Labute approximate surface area is 126 Å². The average Bonchev–Trinajstić information content (AvgIpc) is 3.02. The van der Waals surface area contributed by atoms with E-state index in [0.29, 0.717) is 12.2 Å². The lowest BCUT2D eigenvalue weighted by molar-refractivity contribution is -0.120. The summed E-state index contributed by atoms with van der Waals surface area (Å²) in [6.07, 6.45) is 0.837. The van der Waals surface area contributed by atoms with Crippen molar-refractivity contribution in [2.75, 3.05) is 11.4 Å². The molecule has 0 aliphatic carbocycles. The van der Waals surface area contributed by atoms with Crippen LogP contribution in [-0.2, 0) is 11.2 Å². The third kappa shape index (κ3) is 1.74. The SMILES string of the molecule is Cc1cccc(N2C(=O)C3c4ccsc4CCN3C2=O)c1. The molecule has 4 nitrogen and oxygen atoms in total. The number of carbonyl (C=O) groups excluding carboxylic acids is 2. The molecule has 2 aliphatic heterocycles. The number of rotatable bonds is 1. The molecule has 1 unspecified atom stereocenters. The molecule has 5 heteroatoms. The number of amides is 3. The molecule has 1 aromatic carbocycles. The molecule has 1 saturated heterocycles. The lowest BCUT2D eigenvalue weighted by atomic mass is 10.0. The Balaban J connectivity index is 1.80. The Morgan fingerprint density at radius 2 is 2.10 bits per heavy atom. The van der Waals surface area contributed by atoms with Crippen molar-refractivity contribution in [2.45, 2.75) is 19.4 Å². The van der Waals surface area contributed by atoms with E-state index in [1.54, 1.807) is 16.2 Å². The van der Waals surface area contributed by atoms with Gasteiger partial charge >= 0.3 is 6.03 Å². The maximum absolute atomic E-state index is 12.8. The summed E-state index contributed by atoms with van der Waals surface area (Å²) >= 11 is 1.67. The minimum atomic E-state index is -0.437. The fourth-order valence-electron chi connectivity index (χ4n) is 3.14. The van der Waals surface area contributed by atoms with E-state index in [1.807, 2.05) is 42.6 Å². The molecule has 106 valence electrons. The first-order valence-electron chi connectivity index (χ1n) is 6.94. The maximum Gasteiger partial charge on any atom is 0.332 e. The summed E-state index contributed by atoms with van der Waals surface area (Å²) in [5.41, 5.74) is 2.70. The summed E-state index contributed by atoms with van der Waals surface area (Å²) in [4.78, 5) is 29.7. The van der Waals surface area contributed by atoms with Crippen LogP contribution in [0.3, 0.4) is 0 Å². The lowest BCUT2D eigenvalue weighted by Crippen LogP contribution is -2.36. The molecule has 1 atom stereocenters. The van der Waals surface area contributed by atoms with E-state index in [9.17, 15) is 9.59 Å². The predicted octanol–water partition coefficient (Wildman–Crippen LogP) is 3.12. The van der Waals surface area contributed by atoms with Gasteiger partial charge < -0.3 is 4.90 Å². The molecule has 0 bridgehead atoms. The van der Waals surface area contributed by atoms with Crippen LogP contribution in [0.25, 0.3) is 0 Å². The van der Waals surface area contributed by atoms with E-state index in [1.165, 1.54) is 9.78 Å². The number of thiophene rings is 1. The lowest BCUT2D eigenvalue weighted by Gasteiger charge is -2.26. The van der Waals surface area contributed by atoms with Gasteiger partial charge in [0.05, 0.1) is 5.69 Å². The molecular formula is C16H14N2O2S. The van der Waals surface area contributed by atoms with Gasteiger partial charge in [-0.1, -0.05) is 12.1 Å². The fraction of sp³-hybridized carbons (Fsp3) is 0.250. The smallest absolute Gasteiger partial charge is 0.307 e.